The van der Waals surface area contributed by atoms with E-state index in [2.05, 4.69) is 15.3 Å². The van der Waals surface area contributed by atoms with Gasteiger partial charge in [-0.25, -0.2) is 4.98 Å². The molecule has 0 atom stereocenters. The van der Waals surface area contributed by atoms with Gasteiger partial charge in [0.15, 0.2) is 0 Å². The van der Waals surface area contributed by atoms with Crippen molar-refractivity contribution in [2.75, 3.05) is 5.32 Å². The third-order valence-corrected chi connectivity index (χ3v) is 4.64. The first-order chi connectivity index (χ1) is 13.1. The van der Waals surface area contributed by atoms with E-state index in [1.165, 1.54) is 0 Å². The molecule has 4 aromatic rings. The fourth-order valence-electron chi connectivity index (χ4n) is 3.12. The fraction of sp³-hybridized carbons (Fsp3) is 0.0952. The summed E-state index contributed by atoms with van der Waals surface area (Å²) in [6.45, 7) is 2.45. The van der Waals surface area contributed by atoms with Crippen LogP contribution < -0.4 is 10.9 Å². The van der Waals surface area contributed by atoms with Crippen LogP contribution >= 0.6 is 11.6 Å². The summed E-state index contributed by atoms with van der Waals surface area (Å²) in [4.78, 5) is 21.8. The van der Waals surface area contributed by atoms with Crippen LogP contribution in [-0.4, -0.2) is 14.5 Å². The Balaban J connectivity index is 1.83. The number of rotatable bonds is 4. The molecule has 27 heavy (non-hydrogen) atoms. The molecule has 5 nitrogen and oxygen atoms in total. The summed E-state index contributed by atoms with van der Waals surface area (Å²) in [5.74, 6) is 0.559. The van der Waals surface area contributed by atoms with Gasteiger partial charge in [0, 0.05) is 41.5 Å². The monoisotopic (exact) mass is 376 g/mol. The lowest BCUT2D eigenvalue weighted by molar-refractivity contribution is 0.948. The minimum atomic E-state index is -0.117. The molecule has 0 fully saturated rings. The summed E-state index contributed by atoms with van der Waals surface area (Å²) in [7, 11) is 0. The van der Waals surface area contributed by atoms with Crippen LogP contribution in [0.4, 0.5) is 5.82 Å². The summed E-state index contributed by atoms with van der Waals surface area (Å²) in [6.07, 6.45) is 5.22. The van der Waals surface area contributed by atoms with Crippen molar-refractivity contribution < 1.29 is 0 Å². The van der Waals surface area contributed by atoms with Gasteiger partial charge in [-0.2, -0.15) is 0 Å². The number of nitrogens with zero attached hydrogens (tertiary/aromatic N) is 3. The van der Waals surface area contributed by atoms with Gasteiger partial charge in [-0.1, -0.05) is 17.7 Å². The number of aryl methyl sites for hydroxylation is 1. The summed E-state index contributed by atoms with van der Waals surface area (Å²) in [6, 6.07) is 14.9. The van der Waals surface area contributed by atoms with Crippen LogP contribution in [0, 0.1) is 6.92 Å². The fourth-order valence-corrected chi connectivity index (χ4v) is 3.24. The molecule has 0 radical (unpaired) electrons. The number of anilines is 1. The summed E-state index contributed by atoms with van der Waals surface area (Å²) in [5.41, 5.74) is 2.51. The van der Waals surface area contributed by atoms with E-state index in [1.54, 1.807) is 35.3 Å². The van der Waals surface area contributed by atoms with Crippen molar-refractivity contribution in [3.05, 3.63) is 93.8 Å². The maximum Gasteiger partial charge on any atom is 0.266 e. The topological polar surface area (TPSA) is 59.8 Å². The van der Waals surface area contributed by atoms with Crippen LogP contribution in [-0.2, 0) is 6.54 Å². The highest BCUT2D eigenvalue weighted by Crippen LogP contribution is 2.21. The zero-order valence-electron chi connectivity index (χ0n) is 14.7. The van der Waals surface area contributed by atoms with Gasteiger partial charge in [-0.3, -0.25) is 14.3 Å². The van der Waals surface area contributed by atoms with E-state index in [9.17, 15) is 4.79 Å². The van der Waals surface area contributed by atoms with Gasteiger partial charge in [0.05, 0.1) is 5.39 Å². The molecule has 0 aliphatic carbocycles. The predicted molar refractivity (Wildman–Crippen MR) is 109 cm³/mol. The van der Waals surface area contributed by atoms with Gasteiger partial charge in [-0.05, 0) is 60.3 Å². The van der Waals surface area contributed by atoms with E-state index in [0.717, 1.165) is 22.3 Å². The van der Waals surface area contributed by atoms with Crippen LogP contribution in [0.5, 0.6) is 0 Å². The molecular weight excluding hydrogens is 360 g/mol. The largest absolute Gasteiger partial charge is 0.365 e. The number of benzene rings is 1. The second-order valence-electron chi connectivity index (χ2n) is 6.24. The Labute approximate surface area is 161 Å². The maximum atomic E-state index is 13.3. The maximum absolute atomic E-state index is 13.3. The van der Waals surface area contributed by atoms with E-state index in [0.29, 0.717) is 22.8 Å². The molecule has 1 N–H and O–H groups in total. The highest BCUT2D eigenvalue weighted by molar-refractivity contribution is 6.30. The number of fused-ring (bicyclic) bond motifs is 1. The van der Waals surface area contributed by atoms with E-state index in [-0.39, 0.29) is 5.56 Å². The van der Waals surface area contributed by atoms with Gasteiger partial charge in [-0.15, -0.1) is 0 Å². The quantitative estimate of drug-likeness (QED) is 0.575. The van der Waals surface area contributed by atoms with E-state index < -0.39 is 0 Å². The normalized spacial score (nSPS) is 10.9. The summed E-state index contributed by atoms with van der Waals surface area (Å²) in [5, 5.41) is 5.31. The molecule has 1 aromatic carbocycles. The molecule has 0 spiro atoms. The molecule has 0 saturated heterocycles. The van der Waals surface area contributed by atoms with Crippen molar-refractivity contribution in [1.82, 2.24) is 14.5 Å². The van der Waals surface area contributed by atoms with Crippen LogP contribution in [0.15, 0.2) is 71.9 Å². The first-order valence-corrected chi connectivity index (χ1v) is 8.91. The first kappa shape index (κ1) is 17.2. The number of nitrogens with one attached hydrogen (secondary N) is 1. The smallest absolute Gasteiger partial charge is 0.266 e. The molecule has 0 aliphatic rings. The SMILES string of the molecule is Cc1cc2ccnc(NCc3cccnc3)c2c(=O)n1-c1ccc(Cl)cc1. The van der Waals surface area contributed by atoms with E-state index in [1.807, 2.05) is 43.3 Å². The standard InChI is InChI=1S/C21H17ClN4O/c1-14-11-16-8-10-24-20(25-13-15-3-2-9-23-12-15)19(16)21(27)26(14)18-6-4-17(22)5-7-18/h2-12H,13H2,1H3,(H,24,25). The highest BCUT2D eigenvalue weighted by atomic mass is 35.5. The van der Waals surface area contributed by atoms with Gasteiger partial charge in [0.1, 0.15) is 5.82 Å². The lowest BCUT2D eigenvalue weighted by Crippen LogP contribution is -2.22. The minimum Gasteiger partial charge on any atom is -0.365 e. The van der Waals surface area contributed by atoms with Gasteiger partial charge in [0.2, 0.25) is 0 Å². The third kappa shape index (κ3) is 3.41. The Kier molecular flexibility index (Phi) is 4.60. The average Bonchev–Trinajstić information content (AvgIpc) is 2.68. The van der Waals surface area contributed by atoms with Crippen molar-refractivity contribution in [2.24, 2.45) is 0 Å². The Morgan fingerprint density at radius 1 is 1.11 bits per heavy atom. The summed E-state index contributed by atoms with van der Waals surface area (Å²) < 4.78 is 1.68. The van der Waals surface area contributed by atoms with Crippen LogP contribution in [0.25, 0.3) is 16.5 Å². The molecule has 3 aromatic heterocycles. The van der Waals surface area contributed by atoms with E-state index >= 15 is 0 Å². The number of pyridine rings is 3. The first-order valence-electron chi connectivity index (χ1n) is 8.53. The van der Waals surface area contributed by atoms with Crippen molar-refractivity contribution >= 4 is 28.2 Å². The molecule has 0 aliphatic heterocycles. The zero-order valence-corrected chi connectivity index (χ0v) is 15.4. The molecule has 0 unspecified atom stereocenters. The lowest BCUT2D eigenvalue weighted by atomic mass is 10.1. The second-order valence-corrected chi connectivity index (χ2v) is 6.68. The number of halogens is 1. The second kappa shape index (κ2) is 7.21. The van der Waals surface area contributed by atoms with Crippen molar-refractivity contribution in [3.8, 4) is 5.69 Å². The highest BCUT2D eigenvalue weighted by Gasteiger charge is 2.13. The van der Waals surface area contributed by atoms with Gasteiger partial charge in [0.25, 0.3) is 5.56 Å². The Bertz CT molecular complexity index is 1150. The molecule has 4 rings (SSSR count). The van der Waals surface area contributed by atoms with Gasteiger partial charge < -0.3 is 5.32 Å². The Morgan fingerprint density at radius 2 is 1.93 bits per heavy atom. The van der Waals surface area contributed by atoms with Crippen LogP contribution in [0.1, 0.15) is 11.3 Å². The molecule has 0 amide bonds. The molecule has 6 heteroatoms. The molecule has 0 saturated carbocycles. The summed E-state index contributed by atoms with van der Waals surface area (Å²) >= 11 is 5.99. The number of hydrogen-bond donors (Lipinski definition) is 1. The Hall–Kier alpha value is -3.18. The third-order valence-electron chi connectivity index (χ3n) is 4.38. The van der Waals surface area contributed by atoms with Crippen molar-refractivity contribution in [1.29, 1.82) is 0 Å². The minimum absolute atomic E-state index is 0.117. The average molecular weight is 377 g/mol. The molecule has 3 heterocycles. The molecule has 0 bridgehead atoms. The number of hydrogen-bond acceptors (Lipinski definition) is 4. The predicted octanol–water partition coefficient (Wildman–Crippen LogP) is 4.35. The Morgan fingerprint density at radius 3 is 2.67 bits per heavy atom. The van der Waals surface area contributed by atoms with Crippen molar-refractivity contribution in [2.45, 2.75) is 13.5 Å². The van der Waals surface area contributed by atoms with Crippen LogP contribution in [0.3, 0.4) is 0 Å². The zero-order chi connectivity index (χ0) is 18.8. The van der Waals surface area contributed by atoms with Crippen molar-refractivity contribution in [3.63, 3.8) is 0 Å². The lowest BCUT2D eigenvalue weighted by Gasteiger charge is -2.14. The molecular formula is C21H17ClN4O. The van der Waals surface area contributed by atoms with Gasteiger partial charge >= 0.3 is 0 Å². The van der Waals surface area contributed by atoms with E-state index in [4.69, 9.17) is 11.6 Å². The van der Waals surface area contributed by atoms with Crippen LogP contribution in [0.2, 0.25) is 5.02 Å². The molecule has 134 valence electrons. The number of aromatic nitrogens is 3.